The molecule has 0 spiro atoms. The van der Waals surface area contributed by atoms with Crippen LogP contribution in [0.1, 0.15) is 39.5 Å². The number of piperidine rings is 1. The number of rotatable bonds is 5. The second-order valence-electron chi connectivity index (χ2n) is 4.68. The highest BCUT2D eigenvalue weighted by Crippen LogP contribution is 2.15. The van der Waals surface area contributed by atoms with Gasteiger partial charge in [0, 0.05) is 12.6 Å². The third-order valence-corrected chi connectivity index (χ3v) is 3.37. The normalized spacial score (nSPS) is 27.4. The van der Waals surface area contributed by atoms with E-state index >= 15 is 0 Å². The molecule has 0 aromatic rings. The Hall–Kier alpha value is -0.610. The van der Waals surface area contributed by atoms with Crippen molar-refractivity contribution in [3.05, 3.63) is 0 Å². The number of amides is 1. The van der Waals surface area contributed by atoms with Gasteiger partial charge in [-0.25, -0.2) is 0 Å². The molecule has 4 nitrogen and oxygen atoms in total. The number of aliphatic hydroxyl groups is 1. The summed E-state index contributed by atoms with van der Waals surface area (Å²) in [7, 11) is 0. The average Bonchev–Trinajstić information content (AvgIpc) is 2.28. The molecule has 1 heterocycles. The van der Waals surface area contributed by atoms with Crippen LogP contribution in [-0.4, -0.2) is 36.2 Å². The fourth-order valence-electron chi connectivity index (χ4n) is 2.23. The van der Waals surface area contributed by atoms with Gasteiger partial charge in [-0.3, -0.25) is 4.79 Å². The van der Waals surface area contributed by atoms with Gasteiger partial charge in [-0.1, -0.05) is 13.8 Å². The maximum absolute atomic E-state index is 12.0. The van der Waals surface area contributed by atoms with Crippen molar-refractivity contribution in [1.29, 1.82) is 0 Å². The van der Waals surface area contributed by atoms with Crippen molar-refractivity contribution in [3.8, 4) is 0 Å². The van der Waals surface area contributed by atoms with Gasteiger partial charge in [0.1, 0.15) is 0 Å². The zero-order chi connectivity index (χ0) is 12.0. The van der Waals surface area contributed by atoms with Gasteiger partial charge >= 0.3 is 0 Å². The van der Waals surface area contributed by atoms with Crippen molar-refractivity contribution in [3.63, 3.8) is 0 Å². The Morgan fingerprint density at radius 3 is 2.94 bits per heavy atom. The zero-order valence-electron chi connectivity index (χ0n) is 10.3. The quantitative estimate of drug-likeness (QED) is 0.647. The van der Waals surface area contributed by atoms with Crippen molar-refractivity contribution in [2.75, 3.05) is 13.2 Å². The summed E-state index contributed by atoms with van der Waals surface area (Å²) in [6, 6.07) is 0.0509. The van der Waals surface area contributed by atoms with Crippen LogP contribution >= 0.6 is 0 Å². The highest BCUT2D eigenvalue weighted by Gasteiger charge is 2.28. The van der Waals surface area contributed by atoms with Gasteiger partial charge in [0.05, 0.1) is 6.04 Å². The number of carbonyl (C=O) groups is 1. The fraction of sp³-hybridized carbons (Fsp3) is 0.917. The van der Waals surface area contributed by atoms with Crippen molar-refractivity contribution >= 4 is 5.91 Å². The molecular weight excluding hydrogens is 204 g/mol. The second-order valence-corrected chi connectivity index (χ2v) is 4.68. The first-order valence-electron chi connectivity index (χ1n) is 6.33. The van der Waals surface area contributed by atoms with E-state index in [0.717, 1.165) is 25.8 Å². The van der Waals surface area contributed by atoms with Crippen LogP contribution < -0.4 is 10.6 Å². The molecule has 0 aliphatic carbocycles. The Morgan fingerprint density at radius 1 is 1.62 bits per heavy atom. The Morgan fingerprint density at radius 2 is 2.38 bits per heavy atom. The highest BCUT2D eigenvalue weighted by molar-refractivity contribution is 5.82. The molecule has 3 unspecified atom stereocenters. The van der Waals surface area contributed by atoms with E-state index in [1.165, 1.54) is 0 Å². The summed E-state index contributed by atoms with van der Waals surface area (Å²) < 4.78 is 0. The first-order valence-corrected chi connectivity index (χ1v) is 6.33. The van der Waals surface area contributed by atoms with Crippen LogP contribution in [0.4, 0.5) is 0 Å². The maximum Gasteiger partial charge on any atom is 0.237 e. The van der Waals surface area contributed by atoms with Gasteiger partial charge in [-0.05, 0) is 38.1 Å². The van der Waals surface area contributed by atoms with E-state index in [1.807, 2.05) is 6.92 Å². The number of nitrogens with one attached hydrogen (secondary N) is 2. The molecule has 1 amide bonds. The standard InChI is InChI=1S/C12H24N2O2/c1-3-10(6-8-15)14-12(16)11-9(2)5-4-7-13-11/h9-11,13,15H,3-8H2,1-2H3,(H,14,16). The van der Waals surface area contributed by atoms with Crippen molar-refractivity contribution in [2.24, 2.45) is 5.92 Å². The first kappa shape index (κ1) is 13.5. The van der Waals surface area contributed by atoms with Crippen molar-refractivity contribution in [1.82, 2.24) is 10.6 Å². The molecule has 94 valence electrons. The van der Waals surface area contributed by atoms with E-state index in [-0.39, 0.29) is 24.6 Å². The molecule has 1 aliphatic rings. The monoisotopic (exact) mass is 228 g/mol. The van der Waals surface area contributed by atoms with E-state index < -0.39 is 0 Å². The number of aliphatic hydroxyl groups excluding tert-OH is 1. The van der Waals surface area contributed by atoms with Crippen LogP contribution in [0.5, 0.6) is 0 Å². The van der Waals surface area contributed by atoms with Gasteiger partial charge in [-0.2, -0.15) is 0 Å². The Kier molecular flexibility index (Phi) is 5.77. The van der Waals surface area contributed by atoms with Crippen LogP contribution in [0, 0.1) is 5.92 Å². The van der Waals surface area contributed by atoms with Gasteiger partial charge < -0.3 is 15.7 Å². The number of carbonyl (C=O) groups excluding carboxylic acids is 1. The minimum Gasteiger partial charge on any atom is -0.396 e. The predicted molar refractivity (Wildman–Crippen MR) is 64.1 cm³/mol. The molecule has 4 heteroatoms. The minimum absolute atomic E-state index is 0.0542. The van der Waals surface area contributed by atoms with Gasteiger partial charge in [0.15, 0.2) is 0 Å². The molecular formula is C12H24N2O2. The number of hydrogen-bond acceptors (Lipinski definition) is 3. The smallest absolute Gasteiger partial charge is 0.237 e. The molecule has 1 saturated heterocycles. The van der Waals surface area contributed by atoms with Gasteiger partial charge in [0.25, 0.3) is 0 Å². The highest BCUT2D eigenvalue weighted by atomic mass is 16.3. The fourth-order valence-corrected chi connectivity index (χ4v) is 2.23. The Labute approximate surface area is 97.8 Å². The largest absolute Gasteiger partial charge is 0.396 e. The Balaban J connectivity index is 2.42. The van der Waals surface area contributed by atoms with Crippen LogP contribution in [-0.2, 0) is 4.79 Å². The van der Waals surface area contributed by atoms with E-state index in [9.17, 15) is 4.79 Å². The van der Waals surface area contributed by atoms with Crippen LogP contribution in [0.2, 0.25) is 0 Å². The summed E-state index contributed by atoms with van der Waals surface area (Å²) in [5.41, 5.74) is 0. The lowest BCUT2D eigenvalue weighted by atomic mass is 9.92. The SMILES string of the molecule is CCC(CCO)NC(=O)C1NCCCC1C. The number of hydrogen-bond donors (Lipinski definition) is 3. The molecule has 1 rings (SSSR count). The van der Waals surface area contributed by atoms with E-state index in [4.69, 9.17) is 5.11 Å². The summed E-state index contributed by atoms with van der Waals surface area (Å²) in [6.45, 7) is 5.20. The van der Waals surface area contributed by atoms with E-state index in [0.29, 0.717) is 12.3 Å². The summed E-state index contributed by atoms with van der Waals surface area (Å²) >= 11 is 0. The van der Waals surface area contributed by atoms with E-state index in [2.05, 4.69) is 17.6 Å². The molecule has 3 atom stereocenters. The zero-order valence-corrected chi connectivity index (χ0v) is 10.3. The van der Waals surface area contributed by atoms with Gasteiger partial charge in [0.2, 0.25) is 5.91 Å². The topological polar surface area (TPSA) is 61.4 Å². The van der Waals surface area contributed by atoms with Crippen molar-refractivity contribution < 1.29 is 9.90 Å². The third-order valence-electron chi connectivity index (χ3n) is 3.37. The third kappa shape index (κ3) is 3.76. The molecule has 3 N–H and O–H groups in total. The molecule has 1 fully saturated rings. The van der Waals surface area contributed by atoms with Gasteiger partial charge in [-0.15, -0.1) is 0 Å². The Bertz CT molecular complexity index is 221. The molecule has 16 heavy (non-hydrogen) atoms. The van der Waals surface area contributed by atoms with E-state index in [1.54, 1.807) is 0 Å². The lowest BCUT2D eigenvalue weighted by Gasteiger charge is -2.30. The molecule has 0 bridgehead atoms. The predicted octanol–water partition coefficient (Wildman–Crippen LogP) is 0.652. The lowest BCUT2D eigenvalue weighted by Crippen LogP contribution is -2.53. The van der Waals surface area contributed by atoms with Crippen molar-refractivity contribution in [2.45, 2.75) is 51.6 Å². The molecule has 1 aliphatic heterocycles. The lowest BCUT2D eigenvalue weighted by molar-refractivity contribution is -0.125. The molecule has 0 radical (unpaired) electrons. The molecule has 0 aromatic carbocycles. The van der Waals surface area contributed by atoms with Crippen LogP contribution in [0.25, 0.3) is 0 Å². The summed E-state index contributed by atoms with van der Waals surface area (Å²) in [4.78, 5) is 12.0. The molecule has 0 saturated carbocycles. The summed E-state index contributed by atoms with van der Waals surface area (Å²) in [5, 5.41) is 15.1. The second kappa shape index (κ2) is 6.86. The summed E-state index contributed by atoms with van der Waals surface area (Å²) in [6.07, 6.45) is 3.78. The maximum atomic E-state index is 12.0. The first-order chi connectivity index (χ1) is 7.69. The average molecular weight is 228 g/mol. The molecule has 0 aromatic heterocycles. The minimum atomic E-state index is -0.0542. The van der Waals surface area contributed by atoms with Crippen LogP contribution in [0.15, 0.2) is 0 Å². The summed E-state index contributed by atoms with van der Waals surface area (Å²) in [5.74, 6) is 0.493. The van der Waals surface area contributed by atoms with Crippen LogP contribution in [0.3, 0.4) is 0 Å².